The number of alkyl halides is 1. The van der Waals surface area contributed by atoms with Gasteiger partial charge in [0.1, 0.15) is 0 Å². The topological polar surface area (TPSA) is 45.2 Å². The predicted octanol–water partition coefficient (Wildman–Crippen LogP) is 5.18. The molecule has 24 heavy (non-hydrogen) atoms. The van der Waals surface area contributed by atoms with Crippen molar-refractivity contribution in [2.24, 2.45) is 0 Å². The van der Waals surface area contributed by atoms with Gasteiger partial charge in [-0.15, -0.1) is 0 Å². The standard InChI is InChI=1S/C18H24BrN3OS/c1-2-3-7-14(19)17(23)21-18-20-15-9-8-13(12-16(15)24-18)22-10-5-4-6-11-22/h8-9,12,14H,2-7,10-11H2,1H3,(H,20,21,23)/t14-/m1/s1. The molecule has 0 radical (unpaired) electrons. The molecule has 1 aromatic heterocycles. The quantitative estimate of drug-likeness (QED) is 0.668. The summed E-state index contributed by atoms with van der Waals surface area (Å²) in [7, 11) is 0. The minimum atomic E-state index is -0.145. The minimum absolute atomic E-state index is 0.00115. The molecule has 3 rings (SSSR count). The van der Waals surface area contributed by atoms with E-state index in [0.717, 1.165) is 42.6 Å². The summed E-state index contributed by atoms with van der Waals surface area (Å²) in [6.45, 7) is 4.40. The Morgan fingerprint density at radius 1 is 1.38 bits per heavy atom. The Hall–Kier alpha value is -1.14. The monoisotopic (exact) mass is 409 g/mol. The van der Waals surface area contributed by atoms with E-state index < -0.39 is 0 Å². The van der Waals surface area contributed by atoms with Gasteiger partial charge in [-0.25, -0.2) is 4.98 Å². The van der Waals surface area contributed by atoms with E-state index >= 15 is 0 Å². The number of hydrogen-bond donors (Lipinski definition) is 1. The number of nitrogens with zero attached hydrogens (tertiary/aromatic N) is 2. The molecule has 0 unspecified atom stereocenters. The van der Waals surface area contributed by atoms with E-state index in [2.05, 4.69) is 56.3 Å². The third-order valence-electron chi connectivity index (χ3n) is 4.42. The lowest BCUT2D eigenvalue weighted by molar-refractivity contribution is -0.115. The van der Waals surface area contributed by atoms with E-state index in [1.807, 2.05) is 0 Å². The molecular formula is C18H24BrN3OS. The summed E-state index contributed by atoms with van der Waals surface area (Å²) < 4.78 is 1.13. The Morgan fingerprint density at radius 3 is 2.92 bits per heavy atom. The molecule has 4 nitrogen and oxygen atoms in total. The second-order valence-electron chi connectivity index (χ2n) is 6.32. The normalized spacial score (nSPS) is 16.3. The summed E-state index contributed by atoms with van der Waals surface area (Å²) in [5.74, 6) is -0.00115. The number of hydrogen-bond acceptors (Lipinski definition) is 4. The SMILES string of the molecule is CCCC[C@@H](Br)C(=O)Nc1nc2ccc(N3CCCCC3)cc2s1. The molecule has 2 heterocycles. The number of carbonyl (C=O) groups is 1. The zero-order valence-electron chi connectivity index (χ0n) is 14.1. The van der Waals surface area contributed by atoms with Crippen molar-refractivity contribution in [3.8, 4) is 0 Å². The lowest BCUT2D eigenvalue weighted by Gasteiger charge is -2.28. The average Bonchev–Trinajstić information content (AvgIpc) is 3.01. The van der Waals surface area contributed by atoms with Crippen LogP contribution in [0.25, 0.3) is 10.2 Å². The maximum atomic E-state index is 12.2. The van der Waals surface area contributed by atoms with E-state index in [0.29, 0.717) is 5.13 Å². The molecule has 6 heteroatoms. The molecule has 1 fully saturated rings. The van der Waals surface area contributed by atoms with Gasteiger partial charge in [0.25, 0.3) is 0 Å². The van der Waals surface area contributed by atoms with Gasteiger partial charge in [-0.1, -0.05) is 47.0 Å². The van der Waals surface area contributed by atoms with Crippen LogP contribution in [-0.2, 0) is 4.79 Å². The lowest BCUT2D eigenvalue weighted by Crippen LogP contribution is -2.29. The third kappa shape index (κ3) is 4.28. The van der Waals surface area contributed by atoms with Crippen molar-refractivity contribution in [3.05, 3.63) is 18.2 Å². The minimum Gasteiger partial charge on any atom is -0.371 e. The largest absolute Gasteiger partial charge is 0.371 e. The van der Waals surface area contributed by atoms with Gasteiger partial charge in [-0.3, -0.25) is 4.79 Å². The number of aromatic nitrogens is 1. The number of benzene rings is 1. The van der Waals surface area contributed by atoms with Crippen LogP contribution in [0.1, 0.15) is 45.4 Å². The molecule has 1 atom stereocenters. The summed E-state index contributed by atoms with van der Waals surface area (Å²) in [5.41, 5.74) is 2.22. The number of nitrogens with one attached hydrogen (secondary N) is 1. The van der Waals surface area contributed by atoms with Crippen LogP contribution in [-0.4, -0.2) is 28.8 Å². The number of amides is 1. The van der Waals surface area contributed by atoms with Gasteiger partial charge in [0, 0.05) is 18.8 Å². The lowest BCUT2D eigenvalue weighted by atomic mass is 10.1. The molecule has 1 aromatic carbocycles. The molecule has 1 amide bonds. The maximum absolute atomic E-state index is 12.2. The van der Waals surface area contributed by atoms with Crippen molar-refractivity contribution in [2.75, 3.05) is 23.3 Å². The highest BCUT2D eigenvalue weighted by atomic mass is 79.9. The van der Waals surface area contributed by atoms with E-state index in [9.17, 15) is 4.79 Å². The number of piperidine rings is 1. The smallest absolute Gasteiger partial charge is 0.239 e. The van der Waals surface area contributed by atoms with Crippen molar-refractivity contribution in [3.63, 3.8) is 0 Å². The number of carbonyl (C=O) groups excluding carboxylic acids is 1. The zero-order valence-corrected chi connectivity index (χ0v) is 16.5. The molecule has 0 spiro atoms. The molecule has 130 valence electrons. The Labute approximate surface area is 155 Å². The highest BCUT2D eigenvalue weighted by Gasteiger charge is 2.17. The van der Waals surface area contributed by atoms with Crippen LogP contribution in [0, 0.1) is 0 Å². The molecule has 0 bridgehead atoms. The number of thiazole rings is 1. The summed E-state index contributed by atoms with van der Waals surface area (Å²) in [6, 6.07) is 6.41. The van der Waals surface area contributed by atoms with Crippen molar-refractivity contribution >= 4 is 54.2 Å². The van der Waals surface area contributed by atoms with Crippen LogP contribution < -0.4 is 10.2 Å². The van der Waals surface area contributed by atoms with Crippen molar-refractivity contribution in [2.45, 2.75) is 50.3 Å². The fraction of sp³-hybridized carbons (Fsp3) is 0.556. The van der Waals surface area contributed by atoms with Crippen LogP contribution in [0.15, 0.2) is 18.2 Å². The maximum Gasteiger partial charge on any atom is 0.239 e. The van der Waals surface area contributed by atoms with Gasteiger partial charge in [-0.2, -0.15) is 0 Å². The number of anilines is 2. The van der Waals surface area contributed by atoms with Gasteiger partial charge < -0.3 is 10.2 Å². The molecule has 0 saturated carbocycles. The van der Waals surface area contributed by atoms with Crippen LogP contribution in [0.4, 0.5) is 10.8 Å². The Bertz CT molecular complexity index is 697. The molecule has 2 aromatic rings. The number of rotatable bonds is 6. The van der Waals surface area contributed by atoms with Crippen LogP contribution >= 0.6 is 27.3 Å². The zero-order chi connectivity index (χ0) is 16.9. The highest BCUT2D eigenvalue weighted by molar-refractivity contribution is 9.10. The van der Waals surface area contributed by atoms with E-state index in [1.54, 1.807) is 11.3 Å². The number of fused-ring (bicyclic) bond motifs is 1. The molecule has 1 saturated heterocycles. The van der Waals surface area contributed by atoms with Crippen molar-refractivity contribution < 1.29 is 4.79 Å². The summed E-state index contributed by atoms with van der Waals surface area (Å²) in [5, 5.41) is 3.63. The average molecular weight is 410 g/mol. The first-order chi connectivity index (χ1) is 11.7. The number of halogens is 1. The molecule has 1 N–H and O–H groups in total. The highest BCUT2D eigenvalue weighted by Crippen LogP contribution is 2.31. The van der Waals surface area contributed by atoms with Crippen molar-refractivity contribution in [1.29, 1.82) is 0 Å². The van der Waals surface area contributed by atoms with Crippen LogP contribution in [0.3, 0.4) is 0 Å². The summed E-state index contributed by atoms with van der Waals surface area (Å²) in [6.07, 6.45) is 6.87. The van der Waals surface area contributed by atoms with Gasteiger partial charge >= 0.3 is 0 Å². The Morgan fingerprint density at radius 2 is 2.17 bits per heavy atom. The second kappa shape index (κ2) is 8.30. The molecular weight excluding hydrogens is 386 g/mol. The van der Waals surface area contributed by atoms with Gasteiger partial charge in [0.15, 0.2) is 5.13 Å². The van der Waals surface area contributed by atoms with E-state index in [4.69, 9.17) is 0 Å². The Balaban J connectivity index is 1.70. The van der Waals surface area contributed by atoms with E-state index in [-0.39, 0.29) is 10.7 Å². The molecule has 1 aliphatic heterocycles. The fourth-order valence-corrected chi connectivity index (χ4v) is 4.35. The molecule has 1 aliphatic rings. The first-order valence-electron chi connectivity index (χ1n) is 8.78. The molecule has 0 aliphatic carbocycles. The summed E-state index contributed by atoms with van der Waals surface area (Å²) >= 11 is 5.02. The summed E-state index contributed by atoms with van der Waals surface area (Å²) in [4.78, 5) is 19.1. The van der Waals surface area contributed by atoms with Gasteiger partial charge in [0.2, 0.25) is 5.91 Å². The second-order valence-corrected chi connectivity index (χ2v) is 8.45. The van der Waals surface area contributed by atoms with Gasteiger partial charge in [0.05, 0.1) is 15.0 Å². The van der Waals surface area contributed by atoms with Gasteiger partial charge in [-0.05, 0) is 43.9 Å². The number of unbranched alkanes of at least 4 members (excludes halogenated alkanes) is 1. The van der Waals surface area contributed by atoms with Crippen LogP contribution in [0.2, 0.25) is 0 Å². The van der Waals surface area contributed by atoms with E-state index in [1.165, 1.54) is 24.9 Å². The first-order valence-corrected chi connectivity index (χ1v) is 10.5. The first kappa shape index (κ1) is 17.7. The predicted molar refractivity (Wildman–Crippen MR) is 107 cm³/mol. The fourth-order valence-electron chi connectivity index (χ4n) is 3.01. The third-order valence-corrected chi connectivity index (χ3v) is 6.23. The van der Waals surface area contributed by atoms with Crippen LogP contribution in [0.5, 0.6) is 0 Å². The van der Waals surface area contributed by atoms with Crippen molar-refractivity contribution in [1.82, 2.24) is 4.98 Å². The Kier molecular flexibility index (Phi) is 6.11.